The lowest BCUT2D eigenvalue weighted by atomic mass is 10.1. The maximum Gasteiger partial charge on any atom is 0.326 e. The van der Waals surface area contributed by atoms with Crippen molar-refractivity contribution in [1.29, 1.82) is 0 Å². The number of hydrogen-bond donors (Lipinski definition) is 4. The summed E-state index contributed by atoms with van der Waals surface area (Å²) in [5, 5.41) is 14.4. The summed E-state index contributed by atoms with van der Waals surface area (Å²) in [6.45, 7) is 0.102. The molecule has 1 rings (SSSR count). The Morgan fingerprint density at radius 2 is 1.89 bits per heavy atom. The molecule has 1 atom stereocenters. The highest BCUT2D eigenvalue weighted by molar-refractivity contribution is 5.85. The standard InChI is InChI=1S/C12H21N3O4/c13-10(16)6-5-9(12(18)19)15-11(17)7-14-8-3-1-2-4-8/h8-9,14H,1-7H2,(H2,13,16)(H,15,17)(H,18,19)/t9-/m0/s1. The van der Waals surface area contributed by atoms with Crippen LogP contribution in [0.1, 0.15) is 38.5 Å². The number of carboxylic acids is 1. The largest absolute Gasteiger partial charge is 0.480 e. The highest BCUT2D eigenvalue weighted by Gasteiger charge is 2.21. The third-order valence-corrected chi connectivity index (χ3v) is 3.22. The van der Waals surface area contributed by atoms with Crippen molar-refractivity contribution in [1.82, 2.24) is 10.6 Å². The van der Waals surface area contributed by atoms with E-state index in [1.807, 2.05) is 0 Å². The van der Waals surface area contributed by atoms with Crippen LogP contribution in [-0.4, -0.2) is 41.5 Å². The van der Waals surface area contributed by atoms with E-state index in [-0.39, 0.29) is 25.3 Å². The molecular weight excluding hydrogens is 250 g/mol. The molecule has 0 unspecified atom stereocenters. The number of hydrogen-bond acceptors (Lipinski definition) is 4. The summed E-state index contributed by atoms with van der Waals surface area (Å²) in [5.74, 6) is -2.11. The number of primary amides is 1. The predicted molar refractivity (Wildman–Crippen MR) is 68.3 cm³/mol. The van der Waals surface area contributed by atoms with E-state index in [0.29, 0.717) is 6.04 Å². The summed E-state index contributed by atoms with van der Waals surface area (Å²) >= 11 is 0. The van der Waals surface area contributed by atoms with Crippen LogP contribution in [0.25, 0.3) is 0 Å². The number of carboxylic acid groups (broad SMARTS) is 1. The SMILES string of the molecule is NC(=O)CC[C@H](NC(=O)CNC1CCCC1)C(=O)O. The Bertz CT molecular complexity index is 340. The molecule has 1 fully saturated rings. The first-order valence-electron chi connectivity index (χ1n) is 6.53. The predicted octanol–water partition coefficient (Wildman–Crippen LogP) is -0.646. The second-order valence-electron chi connectivity index (χ2n) is 4.83. The van der Waals surface area contributed by atoms with E-state index in [2.05, 4.69) is 10.6 Å². The van der Waals surface area contributed by atoms with Gasteiger partial charge in [0.05, 0.1) is 6.54 Å². The van der Waals surface area contributed by atoms with Crippen LogP contribution in [0.2, 0.25) is 0 Å². The Morgan fingerprint density at radius 1 is 1.26 bits per heavy atom. The summed E-state index contributed by atoms with van der Waals surface area (Å²) in [4.78, 5) is 33.1. The van der Waals surface area contributed by atoms with Gasteiger partial charge in [-0.25, -0.2) is 4.79 Å². The highest BCUT2D eigenvalue weighted by atomic mass is 16.4. The van der Waals surface area contributed by atoms with Crippen LogP contribution < -0.4 is 16.4 Å². The van der Waals surface area contributed by atoms with Crippen molar-refractivity contribution in [2.75, 3.05) is 6.54 Å². The van der Waals surface area contributed by atoms with Crippen LogP contribution in [0.3, 0.4) is 0 Å². The van der Waals surface area contributed by atoms with Gasteiger partial charge in [-0.2, -0.15) is 0 Å². The monoisotopic (exact) mass is 271 g/mol. The zero-order valence-electron chi connectivity index (χ0n) is 10.9. The Hall–Kier alpha value is -1.63. The van der Waals surface area contributed by atoms with Gasteiger partial charge in [0, 0.05) is 12.5 Å². The van der Waals surface area contributed by atoms with Crippen molar-refractivity contribution >= 4 is 17.8 Å². The van der Waals surface area contributed by atoms with Gasteiger partial charge in [-0.1, -0.05) is 12.8 Å². The summed E-state index contributed by atoms with van der Waals surface area (Å²) in [6.07, 6.45) is 4.38. The average molecular weight is 271 g/mol. The van der Waals surface area contributed by atoms with Crippen molar-refractivity contribution in [2.24, 2.45) is 5.73 Å². The third-order valence-electron chi connectivity index (χ3n) is 3.22. The Labute approximate surface area is 111 Å². The molecule has 7 heteroatoms. The van der Waals surface area contributed by atoms with Crippen LogP contribution in [-0.2, 0) is 14.4 Å². The van der Waals surface area contributed by atoms with E-state index in [4.69, 9.17) is 10.8 Å². The lowest BCUT2D eigenvalue weighted by Crippen LogP contribution is -2.46. The molecule has 1 aliphatic rings. The molecule has 0 aromatic heterocycles. The Kier molecular flexibility index (Phi) is 6.27. The topological polar surface area (TPSA) is 122 Å². The molecule has 1 aliphatic carbocycles. The van der Waals surface area contributed by atoms with Crippen molar-refractivity contribution in [3.8, 4) is 0 Å². The first-order chi connectivity index (χ1) is 8.99. The molecule has 0 aliphatic heterocycles. The van der Waals surface area contributed by atoms with Gasteiger partial charge in [-0.3, -0.25) is 9.59 Å². The minimum atomic E-state index is -1.16. The van der Waals surface area contributed by atoms with Crippen LogP contribution in [0.4, 0.5) is 0 Å². The maximum atomic E-state index is 11.6. The van der Waals surface area contributed by atoms with Crippen LogP contribution >= 0.6 is 0 Å². The van der Waals surface area contributed by atoms with E-state index in [1.54, 1.807) is 0 Å². The molecule has 19 heavy (non-hydrogen) atoms. The van der Waals surface area contributed by atoms with Gasteiger partial charge in [-0.05, 0) is 19.3 Å². The summed E-state index contributed by atoms with van der Waals surface area (Å²) in [7, 11) is 0. The summed E-state index contributed by atoms with van der Waals surface area (Å²) < 4.78 is 0. The zero-order chi connectivity index (χ0) is 14.3. The molecule has 5 N–H and O–H groups in total. The molecule has 0 aromatic carbocycles. The average Bonchev–Trinajstić information content (AvgIpc) is 2.84. The highest BCUT2D eigenvalue weighted by Crippen LogP contribution is 2.17. The molecule has 0 radical (unpaired) electrons. The number of amides is 2. The number of rotatable bonds is 8. The molecule has 0 spiro atoms. The quantitative estimate of drug-likeness (QED) is 0.467. The molecule has 108 valence electrons. The van der Waals surface area contributed by atoms with Gasteiger partial charge in [0.2, 0.25) is 11.8 Å². The second-order valence-corrected chi connectivity index (χ2v) is 4.83. The number of carbonyl (C=O) groups is 3. The van der Waals surface area contributed by atoms with Gasteiger partial charge in [0.15, 0.2) is 0 Å². The number of carbonyl (C=O) groups excluding carboxylic acids is 2. The summed E-state index contributed by atoms with van der Waals surface area (Å²) in [6, 6.07) is -0.718. The van der Waals surface area contributed by atoms with Crippen LogP contribution in [0.5, 0.6) is 0 Å². The fourth-order valence-electron chi connectivity index (χ4n) is 2.16. The van der Waals surface area contributed by atoms with Crippen molar-refractivity contribution in [2.45, 2.75) is 50.6 Å². The van der Waals surface area contributed by atoms with E-state index in [0.717, 1.165) is 25.7 Å². The Balaban J connectivity index is 2.29. The third kappa shape index (κ3) is 6.19. The number of nitrogens with one attached hydrogen (secondary N) is 2. The van der Waals surface area contributed by atoms with Crippen molar-refractivity contribution < 1.29 is 19.5 Å². The molecule has 0 aromatic rings. The lowest BCUT2D eigenvalue weighted by molar-refractivity contribution is -0.142. The second kappa shape index (κ2) is 7.73. The molecule has 0 saturated heterocycles. The van der Waals surface area contributed by atoms with Gasteiger partial charge in [-0.15, -0.1) is 0 Å². The van der Waals surface area contributed by atoms with Gasteiger partial charge in [0.25, 0.3) is 0 Å². The van der Waals surface area contributed by atoms with Gasteiger partial charge >= 0.3 is 5.97 Å². The van der Waals surface area contributed by atoms with Crippen molar-refractivity contribution in [3.63, 3.8) is 0 Å². The van der Waals surface area contributed by atoms with Crippen LogP contribution in [0, 0.1) is 0 Å². The fraction of sp³-hybridized carbons (Fsp3) is 0.750. The van der Waals surface area contributed by atoms with Gasteiger partial charge < -0.3 is 21.5 Å². The maximum absolute atomic E-state index is 11.6. The minimum absolute atomic E-state index is 0.0137. The zero-order valence-corrected chi connectivity index (χ0v) is 10.9. The number of aliphatic carboxylic acids is 1. The molecule has 0 heterocycles. The van der Waals surface area contributed by atoms with E-state index < -0.39 is 17.9 Å². The smallest absolute Gasteiger partial charge is 0.326 e. The van der Waals surface area contributed by atoms with Gasteiger partial charge in [0.1, 0.15) is 6.04 Å². The molecule has 0 bridgehead atoms. The normalized spacial score (nSPS) is 17.1. The van der Waals surface area contributed by atoms with Crippen LogP contribution in [0.15, 0.2) is 0 Å². The summed E-state index contributed by atoms with van der Waals surface area (Å²) in [5.41, 5.74) is 4.96. The Morgan fingerprint density at radius 3 is 2.42 bits per heavy atom. The number of nitrogens with two attached hydrogens (primary N) is 1. The van der Waals surface area contributed by atoms with E-state index in [9.17, 15) is 14.4 Å². The molecule has 1 saturated carbocycles. The van der Waals surface area contributed by atoms with E-state index >= 15 is 0 Å². The van der Waals surface area contributed by atoms with Crippen molar-refractivity contribution in [3.05, 3.63) is 0 Å². The molecular formula is C12H21N3O4. The molecule has 7 nitrogen and oxygen atoms in total. The minimum Gasteiger partial charge on any atom is -0.480 e. The lowest BCUT2D eigenvalue weighted by Gasteiger charge is -2.16. The molecule has 2 amide bonds. The first kappa shape index (κ1) is 15.4. The first-order valence-corrected chi connectivity index (χ1v) is 6.53. The fourth-order valence-corrected chi connectivity index (χ4v) is 2.16. The van der Waals surface area contributed by atoms with E-state index in [1.165, 1.54) is 0 Å².